The van der Waals surface area contributed by atoms with Crippen molar-refractivity contribution in [2.75, 3.05) is 13.6 Å². The Hall–Kier alpha value is -0.800. The Morgan fingerprint density at radius 3 is 2.50 bits per heavy atom. The summed E-state index contributed by atoms with van der Waals surface area (Å²) in [7, 11) is 2.15. The molecule has 1 aromatic heterocycles. The fraction of sp³-hybridized carbons (Fsp3) is 0.733. The van der Waals surface area contributed by atoms with Crippen LogP contribution in [-0.2, 0) is 13.1 Å². The third-order valence-corrected chi connectivity index (χ3v) is 3.15. The minimum atomic E-state index is 0.492. The van der Waals surface area contributed by atoms with E-state index in [9.17, 15) is 0 Å². The topological polar surface area (TPSA) is 28.4 Å². The highest BCUT2D eigenvalue weighted by Crippen LogP contribution is 2.12. The third-order valence-electron chi connectivity index (χ3n) is 3.15. The summed E-state index contributed by atoms with van der Waals surface area (Å²) in [5.74, 6) is 2.82. The van der Waals surface area contributed by atoms with E-state index in [4.69, 9.17) is 4.42 Å². The molecule has 0 aromatic carbocycles. The fourth-order valence-electron chi connectivity index (χ4n) is 1.90. The number of hydrogen-bond donors (Lipinski definition) is 1. The van der Waals surface area contributed by atoms with Crippen LogP contribution in [0.3, 0.4) is 0 Å². The summed E-state index contributed by atoms with van der Waals surface area (Å²) in [6.45, 7) is 11.6. The van der Waals surface area contributed by atoms with Crippen molar-refractivity contribution in [3.05, 3.63) is 23.7 Å². The lowest BCUT2D eigenvalue weighted by atomic mass is 10.1. The number of rotatable bonds is 8. The number of hydrogen-bond acceptors (Lipinski definition) is 3. The van der Waals surface area contributed by atoms with Crippen LogP contribution >= 0.6 is 0 Å². The third kappa shape index (κ3) is 5.69. The summed E-state index contributed by atoms with van der Waals surface area (Å²) in [5.41, 5.74) is 0. The molecule has 0 radical (unpaired) electrons. The average Bonchev–Trinajstić information content (AvgIpc) is 2.73. The SMILES string of the molecule is CCC(C)CN(C)Cc1ccc(CNC(C)C)o1. The molecule has 0 spiro atoms. The zero-order valence-electron chi connectivity index (χ0n) is 12.5. The maximum Gasteiger partial charge on any atom is 0.118 e. The van der Waals surface area contributed by atoms with Crippen molar-refractivity contribution in [1.82, 2.24) is 10.2 Å². The van der Waals surface area contributed by atoms with E-state index in [0.717, 1.165) is 37.1 Å². The molecule has 0 aliphatic rings. The Bertz CT molecular complexity index is 333. The first-order chi connectivity index (χ1) is 8.51. The van der Waals surface area contributed by atoms with Gasteiger partial charge in [-0.25, -0.2) is 0 Å². The molecule has 0 amide bonds. The largest absolute Gasteiger partial charge is 0.463 e. The highest BCUT2D eigenvalue weighted by atomic mass is 16.3. The van der Waals surface area contributed by atoms with Gasteiger partial charge in [-0.05, 0) is 25.1 Å². The van der Waals surface area contributed by atoms with Crippen LogP contribution in [0, 0.1) is 5.92 Å². The van der Waals surface area contributed by atoms with Crippen molar-refractivity contribution in [2.24, 2.45) is 5.92 Å². The van der Waals surface area contributed by atoms with E-state index in [-0.39, 0.29) is 0 Å². The van der Waals surface area contributed by atoms with Crippen LogP contribution in [0.25, 0.3) is 0 Å². The van der Waals surface area contributed by atoms with Crippen molar-refractivity contribution in [1.29, 1.82) is 0 Å². The molecule has 1 aromatic rings. The average molecular weight is 252 g/mol. The molecule has 1 heterocycles. The Labute approximate surface area is 112 Å². The lowest BCUT2D eigenvalue weighted by Gasteiger charge is -2.19. The van der Waals surface area contributed by atoms with Gasteiger partial charge in [0, 0.05) is 12.6 Å². The molecule has 3 heteroatoms. The van der Waals surface area contributed by atoms with Gasteiger partial charge in [-0.2, -0.15) is 0 Å². The maximum atomic E-state index is 5.82. The Kier molecular flexibility index (Phi) is 6.44. The molecule has 104 valence electrons. The molecule has 0 bridgehead atoms. The van der Waals surface area contributed by atoms with Gasteiger partial charge in [-0.3, -0.25) is 4.90 Å². The fourth-order valence-corrected chi connectivity index (χ4v) is 1.90. The molecule has 3 nitrogen and oxygen atoms in total. The van der Waals surface area contributed by atoms with Gasteiger partial charge >= 0.3 is 0 Å². The summed E-state index contributed by atoms with van der Waals surface area (Å²) >= 11 is 0. The van der Waals surface area contributed by atoms with Crippen LogP contribution in [0.1, 0.15) is 45.6 Å². The van der Waals surface area contributed by atoms with Crippen LogP contribution < -0.4 is 5.32 Å². The molecule has 1 rings (SSSR count). The first kappa shape index (κ1) is 15.3. The van der Waals surface area contributed by atoms with Gasteiger partial charge in [0.25, 0.3) is 0 Å². The van der Waals surface area contributed by atoms with Gasteiger partial charge in [0.2, 0.25) is 0 Å². The molecule has 0 saturated heterocycles. The number of furan rings is 1. The van der Waals surface area contributed by atoms with Gasteiger partial charge in [-0.1, -0.05) is 34.1 Å². The maximum absolute atomic E-state index is 5.82. The highest BCUT2D eigenvalue weighted by Gasteiger charge is 2.08. The molecule has 1 N–H and O–H groups in total. The highest BCUT2D eigenvalue weighted by molar-refractivity contribution is 5.07. The van der Waals surface area contributed by atoms with Gasteiger partial charge in [-0.15, -0.1) is 0 Å². The molecule has 1 unspecified atom stereocenters. The van der Waals surface area contributed by atoms with E-state index in [2.05, 4.69) is 57.1 Å². The normalized spacial score (nSPS) is 13.5. The van der Waals surface area contributed by atoms with E-state index in [0.29, 0.717) is 6.04 Å². The summed E-state index contributed by atoms with van der Waals surface area (Å²) < 4.78 is 5.82. The molecular weight excluding hydrogens is 224 g/mol. The van der Waals surface area contributed by atoms with E-state index >= 15 is 0 Å². The van der Waals surface area contributed by atoms with Gasteiger partial charge < -0.3 is 9.73 Å². The minimum Gasteiger partial charge on any atom is -0.463 e. The summed E-state index contributed by atoms with van der Waals surface area (Å²) in [4.78, 5) is 2.33. The second-order valence-corrected chi connectivity index (χ2v) is 5.61. The van der Waals surface area contributed by atoms with Crippen molar-refractivity contribution in [2.45, 2.75) is 53.2 Å². The van der Waals surface area contributed by atoms with Crippen LogP contribution in [0.4, 0.5) is 0 Å². The van der Waals surface area contributed by atoms with E-state index in [1.807, 2.05) is 0 Å². The predicted octanol–water partition coefficient (Wildman–Crippen LogP) is 3.26. The lowest BCUT2D eigenvalue weighted by Crippen LogP contribution is -2.23. The smallest absolute Gasteiger partial charge is 0.118 e. The molecule has 0 aliphatic heterocycles. The van der Waals surface area contributed by atoms with Gasteiger partial charge in [0.05, 0.1) is 13.1 Å². The van der Waals surface area contributed by atoms with Crippen molar-refractivity contribution in [3.8, 4) is 0 Å². The zero-order valence-corrected chi connectivity index (χ0v) is 12.5. The minimum absolute atomic E-state index is 0.492. The molecule has 1 atom stereocenters. The second-order valence-electron chi connectivity index (χ2n) is 5.61. The first-order valence-electron chi connectivity index (χ1n) is 7.00. The first-order valence-corrected chi connectivity index (χ1v) is 7.00. The number of nitrogens with one attached hydrogen (secondary N) is 1. The summed E-state index contributed by atoms with van der Waals surface area (Å²) in [6, 6.07) is 4.65. The van der Waals surface area contributed by atoms with Crippen LogP contribution in [0.15, 0.2) is 16.5 Å². The van der Waals surface area contributed by atoms with Crippen molar-refractivity contribution in [3.63, 3.8) is 0 Å². The Balaban J connectivity index is 2.38. The lowest BCUT2D eigenvalue weighted by molar-refractivity contribution is 0.251. The van der Waals surface area contributed by atoms with E-state index in [1.54, 1.807) is 0 Å². The summed E-state index contributed by atoms with van der Waals surface area (Å²) in [5, 5.41) is 3.36. The standard InChI is InChI=1S/C15H28N2O/c1-6-13(4)10-17(5)11-15-8-7-14(18-15)9-16-12(2)3/h7-8,12-13,16H,6,9-11H2,1-5H3. The molecule has 18 heavy (non-hydrogen) atoms. The molecule has 0 saturated carbocycles. The van der Waals surface area contributed by atoms with Crippen LogP contribution in [-0.4, -0.2) is 24.5 Å². The van der Waals surface area contributed by atoms with Crippen molar-refractivity contribution < 1.29 is 4.42 Å². The molecular formula is C15H28N2O. The van der Waals surface area contributed by atoms with Gasteiger partial charge in [0.15, 0.2) is 0 Å². The van der Waals surface area contributed by atoms with Gasteiger partial charge in [0.1, 0.15) is 11.5 Å². The van der Waals surface area contributed by atoms with E-state index in [1.165, 1.54) is 6.42 Å². The van der Waals surface area contributed by atoms with Crippen LogP contribution in [0.2, 0.25) is 0 Å². The van der Waals surface area contributed by atoms with Crippen LogP contribution in [0.5, 0.6) is 0 Å². The molecule has 0 aliphatic carbocycles. The van der Waals surface area contributed by atoms with Crippen molar-refractivity contribution >= 4 is 0 Å². The monoisotopic (exact) mass is 252 g/mol. The predicted molar refractivity (Wildman–Crippen MR) is 76.5 cm³/mol. The summed E-state index contributed by atoms with van der Waals surface area (Å²) in [6.07, 6.45) is 1.23. The Morgan fingerprint density at radius 2 is 1.89 bits per heavy atom. The van der Waals surface area contributed by atoms with E-state index < -0.39 is 0 Å². The Morgan fingerprint density at radius 1 is 1.22 bits per heavy atom. The zero-order chi connectivity index (χ0) is 13.5. The second kappa shape index (κ2) is 7.59. The number of nitrogens with zero attached hydrogens (tertiary/aromatic N) is 1. The quantitative estimate of drug-likeness (QED) is 0.770. The molecule has 0 fully saturated rings.